The van der Waals surface area contributed by atoms with Crippen molar-refractivity contribution in [3.63, 3.8) is 0 Å². The van der Waals surface area contributed by atoms with Gasteiger partial charge in [0, 0.05) is 6.54 Å². The number of urea groups is 1. The van der Waals surface area contributed by atoms with E-state index in [9.17, 15) is 9.90 Å². The maximum Gasteiger partial charge on any atom is 0.318 e. The lowest BCUT2D eigenvalue weighted by Gasteiger charge is -2.25. The van der Waals surface area contributed by atoms with Gasteiger partial charge in [0.15, 0.2) is 0 Å². The lowest BCUT2D eigenvalue weighted by atomic mass is 10.0. The van der Waals surface area contributed by atoms with Gasteiger partial charge in [-0.15, -0.1) is 0 Å². The molecule has 4 nitrogen and oxygen atoms in total. The summed E-state index contributed by atoms with van der Waals surface area (Å²) in [6.07, 6.45) is 1.84. The van der Waals surface area contributed by atoms with E-state index in [0.717, 1.165) is 24.9 Å². The third-order valence-corrected chi connectivity index (χ3v) is 4.46. The third kappa shape index (κ3) is 2.92. The number of fused-ring (bicyclic) bond motifs is 1. The van der Waals surface area contributed by atoms with Crippen LogP contribution in [0.4, 0.5) is 4.79 Å². The highest BCUT2D eigenvalue weighted by molar-refractivity contribution is 5.83. The van der Waals surface area contributed by atoms with Gasteiger partial charge in [0.2, 0.25) is 0 Å². The van der Waals surface area contributed by atoms with Crippen LogP contribution in [0.1, 0.15) is 31.4 Å². The first-order chi connectivity index (χ1) is 10.7. The summed E-state index contributed by atoms with van der Waals surface area (Å²) in [5, 5.41) is 14.8. The number of nitrogens with zero attached hydrogens (tertiary/aromatic N) is 1. The molecule has 0 saturated carbocycles. The van der Waals surface area contributed by atoms with Crippen molar-refractivity contribution in [2.75, 3.05) is 13.2 Å². The number of rotatable bonds is 3. The van der Waals surface area contributed by atoms with Crippen LogP contribution in [-0.4, -0.2) is 35.2 Å². The van der Waals surface area contributed by atoms with Gasteiger partial charge < -0.3 is 15.3 Å². The van der Waals surface area contributed by atoms with Crippen molar-refractivity contribution in [2.45, 2.75) is 31.8 Å². The molecule has 3 rings (SSSR count). The van der Waals surface area contributed by atoms with Crippen LogP contribution in [0.3, 0.4) is 0 Å². The van der Waals surface area contributed by atoms with E-state index in [1.165, 1.54) is 10.8 Å². The highest BCUT2D eigenvalue weighted by Crippen LogP contribution is 2.22. The van der Waals surface area contributed by atoms with Crippen molar-refractivity contribution in [1.82, 2.24) is 10.2 Å². The first-order valence-electron chi connectivity index (χ1n) is 7.85. The molecule has 0 aromatic heterocycles. The average molecular weight is 298 g/mol. The zero-order chi connectivity index (χ0) is 15.5. The number of aliphatic hydroxyl groups excluding tert-OH is 1. The van der Waals surface area contributed by atoms with E-state index in [4.69, 9.17) is 0 Å². The smallest absolute Gasteiger partial charge is 0.318 e. The SMILES string of the molecule is CC(NC(=O)N1CCCC1CO)c1ccc2ccccc2c1. The van der Waals surface area contributed by atoms with Gasteiger partial charge in [0.1, 0.15) is 0 Å². The molecule has 1 aliphatic rings. The van der Waals surface area contributed by atoms with Crippen LogP contribution in [0.2, 0.25) is 0 Å². The van der Waals surface area contributed by atoms with Crippen molar-refractivity contribution in [1.29, 1.82) is 0 Å². The van der Waals surface area contributed by atoms with E-state index < -0.39 is 0 Å². The van der Waals surface area contributed by atoms with Crippen molar-refractivity contribution in [2.24, 2.45) is 0 Å². The first kappa shape index (κ1) is 14.9. The summed E-state index contributed by atoms with van der Waals surface area (Å²) in [7, 11) is 0. The Bertz CT molecular complexity index is 671. The van der Waals surface area contributed by atoms with Crippen molar-refractivity contribution in [3.8, 4) is 0 Å². The molecule has 1 fully saturated rings. The molecule has 116 valence electrons. The zero-order valence-corrected chi connectivity index (χ0v) is 12.8. The number of amides is 2. The molecule has 2 aromatic carbocycles. The van der Waals surface area contributed by atoms with Crippen molar-refractivity contribution < 1.29 is 9.90 Å². The second-order valence-electron chi connectivity index (χ2n) is 5.95. The van der Waals surface area contributed by atoms with Gasteiger partial charge in [-0.1, -0.05) is 36.4 Å². The molecular formula is C18H22N2O2. The summed E-state index contributed by atoms with van der Waals surface area (Å²) in [6, 6.07) is 14.3. The Labute approximate surface area is 130 Å². The summed E-state index contributed by atoms with van der Waals surface area (Å²) < 4.78 is 0. The Balaban J connectivity index is 1.72. The van der Waals surface area contributed by atoms with Crippen molar-refractivity contribution >= 4 is 16.8 Å². The molecule has 1 heterocycles. The van der Waals surface area contributed by atoms with E-state index in [1.54, 1.807) is 4.90 Å². The fourth-order valence-electron chi connectivity index (χ4n) is 3.12. The van der Waals surface area contributed by atoms with Crippen LogP contribution in [-0.2, 0) is 0 Å². The second kappa shape index (κ2) is 6.36. The minimum absolute atomic E-state index is 0.0381. The van der Waals surface area contributed by atoms with E-state index in [0.29, 0.717) is 0 Å². The Morgan fingerprint density at radius 3 is 2.86 bits per heavy atom. The van der Waals surface area contributed by atoms with Gasteiger partial charge in [-0.05, 0) is 42.2 Å². The fraction of sp³-hybridized carbons (Fsp3) is 0.389. The quantitative estimate of drug-likeness (QED) is 0.915. The number of nitrogens with one attached hydrogen (secondary N) is 1. The molecule has 0 aliphatic carbocycles. The highest BCUT2D eigenvalue weighted by atomic mass is 16.3. The standard InChI is InChI=1S/C18H22N2O2/c1-13(19-18(22)20-10-4-7-17(20)12-21)15-9-8-14-5-2-3-6-16(14)11-15/h2-3,5-6,8-9,11,13,17,21H,4,7,10,12H2,1H3,(H,19,22). The number of carbonyl (C=O) groups excluding carboxylic acids is 1. The minimum Gasteiger partial charge on any atom is -0.394 e. The molecule has 0 bridgehead atoms. The number of hydrogen-bond donors (Lipinski definition) is 2. The Morgan fingerprint density at radius 1 is 1.32 bits per heavy atom. The molecule has 2 atom stereocenters. The second-order valence-corrected chi connectivity index (χ2v) is 5.95. The maximum absolute atomic E-state index is 12.4. The van der Waals surface area contributed by atoms with Crippen molar-refractivity contribution in [3.05, 3.63) is 48.0 Å². The number of hydrogen-bond acceptors (Lipinski definition) is 2. The molecule has 0 radical (unpaired) electrons. The van der Waals surface area contributed by atoms with E-state index in [1.807, 2.05) is 19.1 Å². The summed E-state index contributed by atoms with van der Waals surface area (Å²) in [4.78, 5) is 14.1. The molecular weight excluding hydrogens is 276 g/mol. The number of aliphatic hydroxyl groups is 1. The van der Waals surface area contributed by atoms with Crippen LogP contribution < -0.4 is 5.32 Å². The summed E-state index contributed by atoms with van der Waals surface area (Å²) in [5.41, 5.74) is 1.09. The van der Waals surface area contributed by atoms with Crippen LogP contribution in [0.15, 0.2) is 42.5 Å². The highest BCUT2D eigenvalue weighted by Gasteiger charge is 2.28. The topological polar surface area (TPSA) is 52.6 Å². The molecule has 1 saturated heterocycles. The van der Waals surface area contributed by atoms with Gasteiger partial charge in [-0.3, -0.25) is 0 Å². The minimum atomic E-state index is -0.0859. The van der Waals surface area contributed by atoms with Gasteiger partial charge in [0.05, 0.1) is 18.7 Å². The van der Waals surface area contributed by atoms with E-state index >= 15 is 0 Å². The summed E-state index contributed by atoms with van der Waals surface area (Å²) >= 11 is 0. The fourth-order valence-corrected chi connectivity index (χ4v) is 3.12. The van der Waals surface area contributed by atoms with Gasteiger partial charge in [-0.25, -0.2) is 4.79 Å². The molecule has 2 amide bonds. The van der Waals surface area contributed by atoms with Crippen LogP contribution in [0, 0.1) is 0 Å². The lowest BCUT2D eigenvalue weighted by Crippen LogP contribution is -2.44. The summed E-state index contributed by atoms with van der Waals surface area (Å²) in [5.74, 6) is 0. The predicted molar refractivity (Wildman–Crippen MR) is 87.7 cm³/mol. The zero-order valence-electron chi connectivity index (χ0n) is 12.8. The van der Waals surface area contributed by atoms with E-state index in [2.05, 4.69) is 35.6 Å². The summed E-state index contributed by atoms with van der Waals surface area (Å²) in [6.45, 7) is 2.76. The predicted octanol–water partition coefficient (Wildman–Crippen LogP) is 3.07. The normalized spacial score (nSPS) is 19.4. The Kier molecular flexibility index (Phi) is 4.29. The molecule has 1 aliphatic heterocycles. The van der Waals surface area contributed by atoms with Crippen LogP contribution in [0.25, 0.3) is 10.8 Å². The molecule has 2 N–H and O–H groups in total. The maximum atomic E-state index is 12.4. The number of benzene rings is 2. The Hall–Kier alpha value is -2.07. The monoisotopic (exact) mass is 298 g/mol. The van der Waals surface area contributed by atoms with Gasteiger partial charge >= 0.3 is 6.03 Å². The van der Waals surface area contributed by atoms with Gasteiger partial charge in [-0.2, -0.15) is 0 Å². The molecule has 2 unspecified atom stereocenters. The molecule has 2 aromatic rings. The number of likely N-dealkylation sites (tertiary alicyclic amines) is 1. The first-order valence-corrected chi connectivity index (χ1v) is 7.85. The average Bonchev–Trinajstić information content (AvgIpc) is 3.03. The lowest BCUT2D eigenvalue weighted by molar-refractivity contribution is 0.155. The van der Waals surface area contributed by atoms with Crippen LogP contribution in [0.5, 0.6) is 0 Å². The number of carbonyl (C=O) groups is 1. The van der Waals surface area contributed by atoms with E-state index in [-0.39, 0.29) is 24.7 Å². The van der Waals surface area contributed by atoms with Gasteiger partial charge in [0.25, 0.3) is 0 Å². The molecule has 22 heavy (non-hydrogen) atoms. The Morgan fingerprint density at radius 2 is 2.09 bits per heavy atom. The third-order valence-electron chi connectivity index (χ3n) is 4.46. The van der Waals surface area contributed by atoms with Crippen LogP contribution >= 0.6 is 0 Å². The molecule has 0 spiro atoms. The largest absolute Gasteiger partial charge is 0.394 e. The molecule has 4 heteroatoms.